The maximum Gasteiger partial charge on any atom is 0.237 e. The molecule has 1 amide bonds. The lowest BCUT2D eigenvalue weighted by Crippen LogP contribution is -2.22. The number of nitriles is 1. The van der Waals surface area contributed by atoms with Crippen molar-refractivity contribution in [1.29, 1.82) is 5.26 Å². The molecule has 0 unspecified atom stereocenters. The predicted octanol–water partition coefficient (Wildman–Crippen LogP) is 3.35. The molecule has 0 saturated heterocycles. The van der Waals surface area contributed by atoms with Crippen LogP contribution in [-0.4, -0.2) is 27.9 Å². The Labute approximate surface area is 143 Å². The standard InChI is InChI=1S/C15H17N5OS2/c1-3-8-17-14-19-20-15(23-14)22-10(2)13(21)18-12-7-5-4-6-11(12)9-16/h4-7,10H,3,8H2,1-2H3,(H,17,19)(H,18,21)/t10-/m1/s1. The van der Waals surface area contributed by atoms with Crippen LogP contribution in [0.1, 0.15) is 25.8 Å². The number of aromatic nitrogens is 2. The molecule has 1 heterocycles. The van der Waals surface area contributed by atoms with Crippen molar-refractivity contribution < 1.29 is 4.79 Å². The summed E-state index contributed by atoms with van der Waals surface area (Å²) in [5, 5.41) is 23.5. The van der Waals surface area contributed by atoms with Gasteiger partial charge in [0.25, 0.3) is 0 Å². The number of thioether (sulfide) groups is 1. The van der Waals surface area contributed by atoms with E-state index in [9.17, 15) is 4.79 Å². The molecule has 0 aliphatic carbocycles. The molecule has 2 aromatic rings. The fourth-order valence-electron chi connectivity index (χ4n) is 1.69. The van der Waals surface area contributed by atoms with Gasteiger partial charge in [0.1, 0.15) is 6.07 Å². The number of benzene rings is 1. The van der Waals surface area contributed by atoms with Gasteiger partial charge in [-0.3, -0.25) is 4.79 Å². The number of nitrogens with one attached hydrogen (secondary N) is 2. The lowest BCUT2D eigenvalue weighted by atomic mass is 10.2. The molecule has 23 heavy (non-hydrogen) atoms. The van der Waals surface area contributed by atoms with Gasteiger partial charge in [-0.15, -0.1) is 10.2 Å². The molecule has 1 aromatic heterocycles. The van der Waals surface area contributed by atoms with Gasteiger partial charge < -0.3 is 10.6 Å². The second-order valence-electron chi connectivity index (χ2n) is 4.71. The summed E-state index contributed by atoms with van der Waals surface area (Å²) in [4.78, 5) is 12.3. The summed E-state index contributed by atoms with van der Waals surface area (Å²) in [5.74, 6) is -0.170. The third kappa shape index (κ3) is 4.94. The largest absolute Gasteiger partial charge is 0.360 e. The van der Waals surface area contributed by atoms with E-state index in [-0.39, 0.29) is 11.2 Å². The Balaban J connectivity index is 1.95. The van der Waals surface area contributed by atoms with Crippen molar-refractivity contribution >= 4 is 39.8 Å². The molecule has 0 saturated carbocycles. The summed E-state index contributed by atoms with van der Waals surface area (Å²) in [5.41, 5.74) is 0.968. The van der Waals surface area contributed by atoms with Gasteiger partial charge in [0.2, 0.25) is 11.0 Å². The zero-order valence-corrected chi connectivity index (χ0v) is 14.5. The van der Waals surface area contributed by atoms with Gasteiger partial charge in [0.05, 0.1) is 16.5 Å². The van der Waals surface area contributed by atoms with Crippen LogP contribution < -0.4 is 10.6 Å². The number of carbonyl (C=O) groups excluding carboxylic acids is 1. The molecule has 0 bridgehead atoms. The summed E-state index contributed by atoms with van der Waals surface area (Å²) in [6.07, 6.45) is 1.01. The van der Waals surface area contributed by atoms with Crippen LogP contribution in [0.2, 0.25) is 0 Å². The number of rotatable bonds is 7. The maximum atomic E-state index is 12.3. The van der Waals surface area contributed by atoms with Crippen LogP contribution in [0.25, 0.3) is 0 Å². The minimum atomic E-state index is -0.339. The van der Waals surface area contributed by atoms with Crippen LogP contribution in [0, 0.1) is 11.3 Å². The van der Waals surface area contributed by atoms with Crippen molar-refractivity contribution in [1.82, 2.24) is 10.2 Å². The van der Waals surface area contributed by atoms with Gasteiger partial charge in [0, 0.05) is 6.54 Å². The van der Waals surface area contributed by atoms with Crippen LogP contribution in [0.3, 0.4) is 0 Å². The zero-order chi connectivity index (χ0) is 16.7. The van der Waals surface area contributed by atoms with Gasteiger partial charge in [-0.1, -0.05) is 42.2 Å². The Morgan fingerprint density at radius 2 is 2.22 bits per heavy atom. The molecule has 1 aromatic carbocycles. The zero-order valence-electron chi connectivity index (χ0n) is 12.9. The Morgan fingerprint density at radius 1 is 1.43 bits per heavy atom. The van der Waals surface area contributed by atoms with E-state index in [1.807, 2.05) is 0 Å². The number of carbonyl (C=O) groups is 1. The topological polar surface area (TPSA) is 90.7 Å². The molecule has 0 aliphatic heterocycles. The molecule has 8 heteroatoms. The summed E-state index contributed by atoms with van der Waals surface area (Å²) in [7, 11) is 0. The number of anilines is 2. The molecule has 0 spiro atoms. The van der Waals surface area contributed by atoms with E-state index >= 15 is 0 Å². The molecular formula is C15H17N5OS2. The van der Waals surface area contributed by atoms with Crippen molar-refractivity contribution in [2.75, 3.05) is 17.2 Å². The Kier molecular flexibility index (Phi) is 6.38. The van der Waals surface area contributed by atoms with Crippen molar-refractivity contribution in [3.05, 3.63) is 29.8 Å². The highest BCUT2D eigenvalue weighted by atomic mass is 32.2. The van der Waals surface area contributed by atoms with Gasteiger partial charge >= 0.3 is 0 Å². The summed E-state index contributed by atoms with van der Waals surface area (Å²) in [6, 6.07) is 8.99. The van der Waals surface area contributed by atoms with Gasteiger partial charge in [-0.25, -0.2) is 0 Å². The molecule has 0 fully saturated rings. The van der Waals surface area contributed by atoms with Gasteiger partial charge in [-0.2, -0.15) is 5.26 Å². The maximum absolute atomic E-state index is 12.3. The fourth-order valence-corrected chi connectivity index (χ4v) is 3.61. The number of nitrogens with zero attached hydrogens (tertiary/aromatic N) is 3. The molecule has 6 nitrogen and oxygen atoms in total. The first-order chi connectivity index (χ1) is 11.1. The molecular weight excluding hydrogens is 330 g/mol. The molecule has 2 rings (SSSR count). The SMILES string of the molecule is CCCNc1nnc(S[C@H](C)C(=O)Nc2ccccc2C#N)s1. The van der Waals surface area contributed by atoms with Crippen LogP contribution in [0.5, 0.6) is 0 Å². The minimum absolute atomic E-state index is 0.170. The first-order valence-electron chi connectivity index (χ1n) is 7.18. The summed E-state index contributed by atoms with van der Waals surface area (Å²) >= 11 is 2.78. The third-order valence-electron chi connectivity index (χ3n) is 2.88. The van der Waals surface area contributed by atoms with Gasteiger partial charge in [-0.05, 0) is 25.5 Å². The highest BCUT2D eigenvalue weighted by Crippen LogP contribution is 2.29. The quantitative estimate of drug-likeness (QED) is 0.746. The van der Waals surface area contributed by atoms with E-state index in [0.717, 1.165) is 22.4 Å². The predicted molar refractivity (Wildman–Crippen MR) is 93.8 cm³/mol. The van der Waals surface area contributed by atoms with E-state index in [1.165, 1.54) is 23.1 Å². The van der Waals surface area contributed by atoms with E-state index in [4.69, 9.17) is 5.26 Å². The molecule has 120 valence electrons. The molecule has 1 atom stereocenters. The van der Waals surface area contributed by atoms with E-state index in [1.54, 1.807) is 31.2 Å². The number of para-hydroxylation sites is 1. The lowest BCUT2D eigenvalue weighted by Gasteiger charge is -2.11. The van der Waals surface area contributed by atoms with Crippen LogP contribution in [0.15, 0.2) is 28.6 Å². The van der Waals surface area contributed by atoms with Crippen molar-refractivity contribution in [3.63, 3.8) is 0 Å². The van der Waals surface area contributed by atoms with Crippen molar-refractivity contribution in [3.8, 4) is 6.07 Å². The molecule has 0 aliphatic rings. The second kappa shape index (κ2) is 8.50. The number of amides is 1. The highest BCUT2D eigenvalue weighted by molar-refractivity contribution is 8.02. The highest BCUT2D eigenvalue weighted by Gasteiger charge is 2.18. The minimum Gasteiger partial charge on any atom is -0.360 e. The number of hydrogen-bond donors (Lipinski definition) is 2. The first-order valence-corrected chi connectivity index (χ1v) is 8.87. The average Bonchev–Trinajstić information content (AvgIpc) is 3.00. The first kappa shape index (κ1) is 17.2. The third-order valence-corrected chi connectivity index (χ3v) is 4.95. The van der Waals surface area contributed by atoms with Crippen LogP contribution >= 0.6 is 23.1 Å². The Bertz CT molecular complexity index is 710. The van der Waals surface area contributed by atoms with Crippen LogP contribution in [0.4, 0.5) is 10.8 Å². The second-order valence-corrected chi connectivity index (χ2v) is 7.27. The normalized spacial score (nSPS) is 11.5. The Hall–Kier alpha value is -2.11. The number of hydrogen-bond acceptors (Lipinski definition) is 7. The summed E-state index contributed by atoms with van der Waals surface area (Å²) in [6.45, 7) is 4.73. The average molecular weight is 347 g/mol. The van der Waals surface area contributed by atoms with Gasteiger partial charge in [0.15, 0.2) is 4.34 Å². The monoisotopic (exact) mass is 347 g/mol. The Morgan fingerprint density at radius 3 is 2.96 bits per heavy atom. The van der Waals surface area contributed by atoms with E-state index < -0.39 is 0 Å². The fraction of sp³-hybridized carbons (Fsp3) is 0.333. The lowest BCUT2D eigenvalue weighted by molar-refractivity contribution is -0.115. The smallest absolute Gasteiger partial charge is 0.237 e. The van der Waals surface area contributed by atoms with Crippen molar-refractivity contribution in [2.24, 2.45) is 0 Å². The van der Waals surface area contributed by atoms with Crippen molar-refractivity contribution in [2.45, 2.75) is 29.9 Å². The van der Waals surface area contributed by atoms with Crippen LogP contribution in [-0.2, 0) is 4.79 Å². The van der Waals surface area contributed by atoms with E-state index in [0.29, 0.717) is 11.3 Å². The van der Waals surface area contributed by atoms with E-state index in [2.05, 4.69) is 33.8 Å². The molecule has 2 N–H and O–H groups in total. The molecule has 0 radical (unpaired) electrons. The summed E-state index contributed by atoms with van der Waals surface area (Å²) < 4.78 is 0.736.